The van der Waals surface area contributed by atoms with E-state index in [-0.39, 0.29) is 17.3 Å². The number of rotatable bonds is 6. The van der Waals surface area contributed by atoms with E-state index in [1.807, 2.05) is 25.9 Å². The van der Waals surface area contributed by atoms with Crippen molar-refractivity contribution in [2.45, 2.75) is 13.0 Å². The van der Waals surface area contributed by atoms with Crippen LogP contribution in [0.15, 0.2) is 18.2 Å². The van der Waals surface area contributed by atoms with E-state index in [0.29, 0.717) is 12.2 Å². The van der Waals surface area contributed by atoms with E-state index >= 15 is 0 Å². The molecule has 1 unspecified atom stereocenters. The van der Waals surface area contributed by atoms with Gasteiger partial charge in [0.05, 0.1) is 16.2 Å². The van der Waals surface area contributed by atoms with Crippen LogP contribution in [0, 0.1) is 10.1 Å². The van der Waals surface area contributed by atoms with Crippen LogP contribution in [0.5, 0.6) is 0 Å². The van der Waals surface area contributed by atoms with Gasteiger partial charge in [0.2, 0.25) is 0 Å². The highest BCUT2D eigenvalue weighted by molar-refractivity contribution is 6.00. The van der Waals surface area contributed by atoms with E-state index < -0.39 is 10.8 Å². The summed E-state index contributed by atoms with van der Waals surface area (Å²) in [6.07, 6.45) is 0. The second-order valence-electron chi connectivity index (χ2n) is 4.77. The summed E-state index contributed by atoms with van der Waals surface area (Å²) in [6, 6.07) is 3.80. The SMILES string of the molecule is CC(CN(C)C)NC(=O)c1cc([N+](=O)[O-])ccc1NN. The molecular formula is C12H19N5O3. The van der Waals surface area contributed by atoms with Gasteiger partial charge in [-0.25, -0.2) is 0 Å². The maximum atomic E-state index is 12.1. The van der Waals surface area contributed by atoms with Crippen LogP contribution in [0.25, 0.3) is 0 Å². The van der Waals surface area contributed by atoms with E-state index in [1.165, 1.54) is 18.2 Å². The lowest BCUT2D eigenvalue weighted by Crippen LogP contribution is -2.39. The first-order valence-corrected chi connectivity index (χ1v) is 6.05. The second kappa shape index (κ2) is 6.83. The third kappa shape index (κ3) is 4.18. The Balaban J connectivity index is 2.95. The molecule has 1 aromatic carbocycles. The van der Waals surface area contributed by atoms with Crippen molar-refractivity contribution in [2.75, 3.05) is 26.1 Å². The minimum Gasteiger partial charge on any atom is -0.348 e. The molecule has 0 saturated carbocycles. The van der Waals surface area contributed by atoms with Crippen LogP contribution in [0.2, 0.25) is 0 Å². The molecule has 0 spiro atoms. The number of nitrogen functional groups attached to an aromatic ring is 1. The lowest BCUT2D eigenvalue weighted by Gasteiger charge is -2.19. The second-order valence-corrected chi connectivity index (χ2v) is 4.77. The van der Waals surface area contributed by atoms with E-state index in [2.05, 4.69) is 10.7 Å². The first kappa shape index (κ1) is 15.9. The zero-order chi connectivity index (χ0) is 15.3. The number of hydrogen-bond acceptors (Lipinski definition) is 6. The summed E-state index contributed by atoms with van der Waals surface area (Å²) in [5.41, 5.74) is 2.69. The van der Waals surface area contributed by atoms with Crippen molar-refractivity contribution < 1.29 is 9.72 Å². The molecule has 0 aliphatic carbocycles. The van der Waals surface area contributed by atoms with Crippen LogP contribution in [-0.4, -0.2) is 42.4 Å². The highest BCUT2D eigenvalue weighted by atomic mass is 16.6. The average Bonchev–Trinajstić information content (AvgIpc) is 2.36. The maximum absolute atomic E-state index is 12.1. The number of benzene rings is 1. The van der Waals surface area contributed by atoms with Gasteiger partial charge < -0.3 is 15.6 Å². The Morgan fingerprint density at radius 3 is 2.65 bits per heavy atom. The zero-order valence-electron chi connectivity index (χ0n) is 11.7. The Bertz CT molecular complexity index is 504. The predicted octanol–water partition coefficient (Wildman–Crippen LogP) is 0.560. The number of amides is 1. The molecule has 0 aromatic heterocycles. The molecule has 0 radical (unpaired) electrons. The van der Waals surface area contributed by atoms with Gasteiger partial charge in [-0.2, -0.15) is 0 Å². The van der Waals surface area contributed by atoms with Crippen molar-refractivity contribution in [1.29, 1.82) is 0 Å². The highest BCUT2D eigenvalue weighted by Crippen LogP contribution is 2.21. The molecule has 110 valence electrons. The number of hydrogen-bond donors (Lipinski definition) is 3. The summed E-state index contributed by atoms with van der Waals surface area (Å²) in [5.74, 6) is 4.91. The number of nitrogens with one attached hydrogen (secondary N) is 2. The van der Waals surface area contributed by atoms with Crippen molar-refractivity contribution in [3.63, 3.8) is 0 Å². The van der Waals surface area contributed by atoms with Gasteiger partial charge in [-0.15, -0.1) is 0 Å². The first-order valence-electron chi connectivity index (χ1n) is 6.05. The number of carbonyl (C=O) groups is 1. The highest BCUT2D eigenvalue weighted by Gasteiger charge is 2.18. The molecule has 1 aromatic rings. The normalized spacial score (nSPS) is 12.1. The zero-order valence-corrected chi connectivity index (χ0v) is 11.7. The summed E-state index contributed by atoms with van der Waals surface area (Å²) in [7, 11) is 3.78. The van der Waals surface area contributed by atoms with Crippen LogP contribution < -0.4 is 16.6 Å². The smallest absolute Gasteiger partial charge is 0.270 e. The van der Waals surface area contributed by atoms with Gasteiger partial charge in [0.1, 0.15) is 0 Å². The molecule has 1 atom stereocenters. The van der Waals surface area contributed by atoms with Gasteiger partial charge in [0, 0.05) is 24.7 Å². The van der Waals surface area contributed by atoms with Gasteiger partial charge in [-0.1, -0.05) is 0 Å². The molecule has 0 aliphatic heterocycles. The summed E-state index contributed by atoms with van der Waals surface area (Å²) < 4.78 is 0. The molecule has 0 aliphatic rings. The number of nitro benzene ring substituents is 1. The van der Waals surface area contributed by atoms with Gasteiger partial charge in [0.15, 0.2) is 0 Å². The van der Waals surface area contributed by atoms with E-state index in [9.17, 15) is 14.9 Å². The van der Waals surface area contributed by atoms with Crippen molar-refractivity contribution in [2.24, 2.45) is 5.84 Å². The summed E-state index contributed by atoms with van der Waals surface area (Å²) >= 11 is 0. The van der Waals surface area contributed by atoms with Gasteiger partial charge in [0.25, 0.3) is 11.6 Å². The van der Waals surface area contributed by atoms with E-state index in [1.54, 1.807) is 0 Å². The topological polar surface area (TPSA) is 114 Å². The standard InChI is InChI=1S/C12H19N5O3/c1-8(7-16(2)3)14-12(18)10-6-9(17(19)20)4-5-11(10)15-13/h4-6,8,15H,7,13H2,1-3H3,(H,14,18). The van der Waals surface area contributed by atoms with Crippen molar-refractivity contribution in [3.8, 4) is 0 Å². The summed E-state index contributed by atoms with van der Waals surface area (Å²) in [4.78, 5) is 24.3. The summed E-state index contributed by atoms with van der Waals surface area (Å²) in [6.45, 7) is 2.51. The van der Waals surface area contributed by atoms with E-state index in [4.69, 9.17) is 5.84 Å². The van der Waals surface area contributed by atoms with Crippen molar-refractivity contribution in [1.82, 2.24) is 10.2 Å². The molecule has 1 rings (SSSR count). The lowest BCUT2D eigenvalue weighted by molar-refractivity contribution is -0.384. The van der Waals surface area contributed by atoms with Gasteiger partial charge >= 0.3 is 0 Å². The van der Waals surface area contributed by atoms with Gasteiger partial charge in [-0.05, 0) is 27.1 Å². The molecule has 0 bridgehead atoms. The minimum atomic E-state index is -0.555. The predicted molar refractivity (Wildman–Crippen MR) is 76.4 cm³/mol. The Hall–Kier alpha value is -2.19. The monoisotopic (exact) mass is 281 g/mol. The first-order chi connectivity index (χ1) is 9.35. The molecule has 8 heteroatoms. The third-order valence-corrected chi connectivity index (χ3v) is 2.63. The molecule has 0 heterocycles. The maximum Gasteiger partial charge on any atom is 0.270 e. The van der Waals surface area contributed by atoms with Crippen LogP contribution in [0.1, 0.15) is 17.3 Å². The van der Waals surface area contributed by atoms with Crippen LogP contribution in [0.4, 0.5) is 11.4 Å². The Morgan fingerprint density at radius 2 is 2.15 bits per heavy atom. The fourth-order valence-electron chi connectivity index (χ4n) is 1.85. The third-order valence-electron chi connectivity index (χ3n) is 2.63. The molecule has 4 N–H and O–H groups in total. The number of carbonyl (C=O) groups excluding carboxylic acids is 1. The average molecular weight is 281 g/mol. The van der Waals surface area contributed by atoms with E-state index in [0.717, 1.165) is 0 Å². The fourth-order valence-corrected chi connectivity index (χ4v) is 1.85. The summed E-state index contributed by atoms with van der Waals surface area (Å²) in [5, 5.41) is 13.5. The molecule has 8 nitrogen and oxygen atoms in total. The Kier molecular flexibility index (Phi) is 5.42. The van der Waals surface area contributed by atoms with Crippen LogP contribution in [0.3, 0.4) is 0 Å². The quantitative estimate of drug-likeness (QED) is 0.399. The number of anilines is 1. The molecule has 20 heavy (non-hydrogen) atoms. The molecule has 0 saturated heterocycles. The molecule has 0 fully saturated rings. The Labute approximate surface area is 117 Å². The van der Waals surface area contributed by atoms with Crippen molar-refractivity contribution in [3.05, 3.63) is 33.9 Å². The number of nitro groups is 1. The number of nitrogens with zero attached hydrogens (tertiary/aromatic N) is 2. The fraction of sp³-hybridized carbons (Fsp3) is 0.417. The Morgan fingerprint density at radius 1 is 1.50 bits per heavy atom. The number of likely N-dealkylation sites (N-methyl/N-ethyl adjacent to an activating group) is 1. The molecule has 1 amide bonds. The lowest BCUT2D eigenvalue weighted by atomic mass is 10.1. The molecular weight excluding hydrogens is 262 g/mol. The largest absolute Gasteiger partial charge is 0.348 e. The van der Waals surface area contributed by atoms with Crippen LogP contribution >= 0.6 is 0 Å². The van der Waals surface area contributed by atoms with Crippen molar-refractivity contribution >= 4 is 17.3 Å². The number of non-ortho nitro benzene ring substituents is 1. The van der Waals surface area contributed by atoms with Crippen LogP contribution in [-0.2, 0) is 0 Å². The van der Waals surface area contributed by atoms with Gasteiger partial charge in [-0.3, -0.25) is 20.8 Å². The minimum absolute atomic E-state index is 0.0950. The number of nitrogens with two attached hydrogens (primary N) is 1. The number of hydrazine groups is 1.